The predicted octanol–water partition coefficient (Wildman–Crippen LogP) is 4.45. The van der Waals surface area contributed by atoms with Crippen LogP contribution in [0.2, 0.25) is 0 Å². The number of aliphatic hydroxyl groups excluding tert-OH is 1. The molecule has 18 heteroatoms. The fraction of sp³-hybridized carbons (Fsp3) is 0.722. The first-order chi connectivity index (χ1) is 33.6. The summed E-state index contributed by atoms with van der Waals surface area (Å²) in [5.74, 6) is -7.70. The Hall–Kier alpha value is -4.68. The number of ketones is 3. The van der Waals surface area contributed by atoms with E-state index in [1.54, 1.807) is 32.6 Å². The van der Waals surface area contributed by atoms with Crippen LogP contribution in [0.3, 0.4) is 0 Å². The van der Waals surface area contributed by atoms with Crippen LogP contribution in [0.15, 0.2) is 30.3 Å². The molecule has 0 radical (unpaired) electrons. The number of hydrogen-bond acceptors (Lipinski definition) is 12. The van der Waals surface area contributed by atoms with E-state index in [1.807, 2.05) is 58.0 Å². The van der Waals surface area contributed by atoms with Gasteiger partial charge >= 0.3 is 0 Å². The Bertz CT molecular complexity index is 2020. The fourth-order valence-corrected chi connectivity index (χ4v) is 10.2. The minimum Gasteiger partial charge on any atom is -0.393 e. The fourth-order valence-electron chi connectivity index (χ4n) is 9.12. The van der Waals surface area contributed by atoms with Crippen molar-refractivity contribution in [3.05, 3.63) is 35.9 Å². The van der Waals surface area contributed by atoms with Crippen LogP contribution in [0, 0.1) is 29.6 Å². The number of nitrogens with zero attached hydrogens (tertiary/aromatic N) is 5. The van der Waals surface area contributed by atoms with Gasteiger partial charge in [0.1, 0.15) is 12.1 Å². The van der Waals surface area contributed by atoms with E-state index < -0.39 is 108 Å². The number of thioether (sulfide) groups is 1. The molecule has 0 unspecified atom stereocenters. The second-order valence-electron chi connectivity index (χ2n) is 21.9. The molecule has 3 rings (SSSR count). The lowest BCUT2D eigenvalue weighted by Crippen LogP contribution is -2.56. The summed E-state index contributed by atoms with van der Waals surface area (Å²) >= 11 is 1.17. The molecule has 404 valence electrons. The number of Topliss-reactive ketones (excluding diaryl/α,β-unsaturated/α-hetero) is 3. The Balaban J connectivity index is 2.16. The van der Waals surface area contributed by atoms with Crippen molar-refractivity contribution in [1.82, 2.24) is 29.8 Å². The Kier molecular flexibility index (Phi) is 24.5. The Labute approximate surface area is 433 Å². The summed E-state index contributed by atoms with van der Waals surface area (Å²) in [6.45, 7) is 16.3. The number of amides is 6. The lowest BCUT2D eigenvalue weighted by Gasteiger charge is -2.34. The first-order valence-electron chi connectivity index (χ1n) is 25.8. The standard InChI is InChI=1S/C54H86N6O11S/c1-34(2)24-43-47(64)29-41(37(6)61)53(70)56(10)30-48(65)58(12)44(25-35(3)4)50(67)55-42(31-71-54(7,8)9)46(63)28-40(52(69)60-22-18-15-19-23-60)32-72-33-49(66)57(11)36(5)45(62)27-39(51(68)59(43)13)26-38-20-16-14-17-21-38/h14,16-17,20-21,34-37,39-44,61H,15,18-19,22-33H2,1-13H3,(H,55,67)/t36-,37+,39+,40-,41-,42-,43-,44-/m0/s1. The van der Waals surface area contributed by atoms with Crippen LogP contribution in [-0.2, 0) is 54.3 Å². The van der Waals surface area contributed by atoms with Gasteiger partial charge < -0.3 is 39.7 Å². The number of likely N-dealkylation sites (tertiary alicyclic amines) is 1. The number of nitrogens with one attached hydrogen (secondary N) is 1. The number of aliphatic hydroxyl groups is 1. The molecule has 2 heterocycles. The summed E-state index contributed by atoms with van der Waals surface area (Å²) in [6, 6.07) is 4.86. The number of rotatable bonds is 10. The van der Waals surface area contributed by atoms with Gasteiger partial charge in [-0.2, -0.15) is 11.8 Å². The first kappa shape index (κ1) is 61.6. The number of hydrogen-bond donors (Lipinski definition) is 2. The molecule has 0 spiro atoms. The van der Waals surface area contributed by atoms with Crippen LogP contribution in [0.5, 0.6) is 0 Å². The van der Waals surface area contributed by atoms with Gasteiger partial charge in [0.15, 0.2) is 17.3 Å². The van der Waals surface area contributed by atoms with E-state index in [4.69, 9.17) is 4.74 Å². The number of benzene rings is 1. The number of ether oxygens (including phenoxy) is 1. The summed E-state index contributed by atoms with van der Waals surface area (Å²) in [5, 5.41) is 13.9. The Morgan fingerprint density at radius 2 is 1.35 bits per heavy atom. The van der Waals surface area contributed by atoms with Crippen molar-refractivity contribution in [3.8, 4) is 0 Å². The maximum Gasteiger partial charge on any atom is 0.243 e. The lowest BCUT2D eigenvalue weighted by atomic mass is 9.87. The van der Waals surface area contributed by atoms with Gasteiger partial charge in [-0.1, -0.05) is 58.0 Å². The minimum atomic E-state index is -1.34. The maximum atomic E-state index is 14.7. The van der Waals surface area contributed by atoms with Crippen molar-refractivity contribution < 1.29 is 53.0 Å². The van der Waals surface area contributed by atoms with E-state index in [1.165, 1.54) is 61.6 Å². The average Bonchev–Trinajstić information content (AvgIpc) is 3.32. The molecule has 1 aromatic carbocycles. The monoisotopic (exact) mass is 1030 g/mol. The molecule has 2 aliphatic heterocycles. The topological polar surface area (TPSA) is 211 Å². The van der Waals surface area contributed by atoms with E-state index in [9.17, 15) is 48.3 Å². The van der Waals surface area contributed by atoms with Gasteiger partial charge in [-0.15, -0.1) is 0 Å². The number of carbonyl (C=O) groups excluding carboxylic acids is 9. The number of carbonyl (C=O) groups is 9. The molecule has 2 aliphatic rings. The van der Waals surface area contributed by atoms with Crippen LogP contribution in [0.4, 0.5) is 0 Å². The zero-order valence-electron chi connectivity index (χ0n) is 45.4. The highest BCUT2D eigenvalue weighted by atomic mass is 32.2. The largest absolute Gasteiger partial charge is 0.393 e. The summed E-state index contributed by atoms with van der Waals surface area (Å²) in [4.78, 5) is 135. The maximum absolute atomic E-state index is 14.7. The molecule has 1 aromatic rings. The smallest absolute Gasteiger partial charge is 0.243 e. The molecule has 2 saturated heterocycles. The van der Waals surface area contributed by atoms with E-state index in [0.29, 0.717) is 13.1 Å². The summed E-state index contributed by atoms with van der Waals surface area (Å²) < 4.78 is 6.07. The molecule has 6 amide bonds. The molecule has 17 nitrogen and oxygen atoms in total. The van der Waals surface area contributed by atoms with Crippen molar-refractivity contribution >= 4 is 64.6 Å². The summed E-state index contributed by atoms with van der Waals surface area (Å²) in [7, 11) is 5.83. The molecule has 8 atom stereocenters. The Morgan fingerprint density at radius 1 is 0.750 bits per heavy atom. The Morgan fingerprint density at radius 3 is 1.92 bits per heavy atom. The molecule has 0 bridgehead atoms. The van der Waals surface area contributed by atoms with Gasteiger partial charge in [-0.25, -0.2) is 0 Å². The van der Waals surface area contributed by atoms with Gasteiger partial charge in [0.25, 0.3) is 0 Å². The van der Waals surface area contributed by atoms with Gasteiger partial charge in [0, 0.05) is 72.2 Å². The highest BCUT2D eigenvalue weighted by molar-refractivity contribution is 7.99. The summed E-state index contributed by atoms with van der Waals surface area (Å²) in [6.07, 6.45) is 0.840. The van der Waals surface area contributed by atoms with Crippen molar-refractivity contribution in [2.24, 2.45) is 29.6 Å². The van der Waals surface area contributed by atoms with Gasteiger partial charge in [-0.05, 0) is 90.5 Å². The van der Waals surface area contributed by atoms with E-state index >= 15 is 0 Å². The second-order valence-corrected chi connectivity index (χ2v) is 23.0. The third-order valence-electron chi connectivity index (χ3n) is 13.8. The molecular weight excluding hydrogens is 941 g/mol. The number of likely N-dealkylation sites (N-methyl/N-ethyl adjacent to an activating group) is 4. The zero-order chi connectivity index (χ0) is 54.2. The third-order valence-corrected chi connectivity index (χ3v) is 14.9. The molecule has 0 aromatic heterocycles. The van der Waals surface area contributed by atoms with Gasteiger partial charge in [0.05, 0.1) is 54.5 Å². The second kappa shape index (κ2) is 28.7. The SMILES string of the molecule is CC(C)C[C@H]1C(=O)N[C@@H](COC(C)(C)C)C(=O)C[C@H](C(=O)N2CCCCC2)CSCC(=O)N(C)[C@@H](C)C(=O)C[C@@H](Cc2ccccc2)C(=O)N(C)[C@@H](CC(C)C)C(=O)C[C@@H]([C@@H](C)O)C(=O)N(C)CC(=O)N1C. The van der Waals surface area contributed by atoms with Gasteiger partial charge in [-0.3, -0.25) is 43.2 Å². The molecule has 2 N–H and O–H groups in total. The molecule has 0 aliphatic carbocycles. The van der Waals surface area contributed by atoms with E-state index in [-0.39, 0.29) is 73.7 Å². The van der Waals surface area contributed by atoms with E-state index in [2.05, 4.69) is 5.32 Å². The van der Waals surface area contributed by atoms with Crippen LogP contribution in [0.1, 0.15) is 119 Å². The van der Waals surface area contributed by atoms with Crippen LogP contribution in [0.25, 0.3) is 0 Å². The quantitative estimate of drug-likeness (QED) is 0.333. The predicted molar refractivity (Wildman–Crippen MR) is 278 cm³/mol. The van der Waals surface area contributed by atoms with Crippen molar-refractivity contribution in [1.29, 1.82) is 0 Å². The molecule has 0 saturated carbocycles. The first-order valence-corrected chi connectivity index (χ1v) is 26.9. The average molecular weight is 1030 g/mol. The summed E-state index contributed by atoms with van der Waals surface area (Å²) in [5.41, 5.74) is 0.0657. The van der Waals surface area contributed by atoms with Crippen LogP contribution < -0.4 is 5.32 Å². The normalized spacial score (nSPS) is 26.1. The van der Waals surface area contributed by atoms with Gasteiger partial charge in [0.2, 0.25) is 35.4 Å². The highest BCUT2D eigenvalue weighted by Crippen LogP contribution is 2.26. The zero-order valence-corrected chi connectivity index (χ0v) is 46.3. The van der Waals surface area contributed by atoms with Crippen molar-refractivity contribution in [2.75, 3.05) is 65.9 Å². The highest BCUT2D eigenvalue weighted by Gasteiger charge is 2.40. The molecular formula is C54H86N6O11S. The van der Waals surface area contributed by atoms with Crippen LogP contribution in [-0.4, -0.2) is 184 Å². The third kappa shape index (κ3) is 19.0. The molecule has 2 fully saturated rings. The van der Waals surface area contributed by atoms with Crippen LogP contribution >= 0.6 is 11.8 Å². The van der Waals surface area contributed by atoms with Crippen molar-refractivity contribution in [3.63, 3.8) is 0 Å². The molecule has 72 heavy (non-hydrogen) atoms. The minimum absolute atomic E-state index is 0.0873. The van der Waals surface area contributed by atoms with E-state index in [0.717, 1.165) is 29.7 Å². The number of piperidine rings is 1. The lowest BCUT2D eigenvalue weighted by molar-refractivity contribution is -0.149. The van der Waals surface area contributed by atoms with Crippen molar-refractivity contribution in [2.45, 2.75) is 156 Å².